The van der Waals surface area contributed by atoms with E-state index in [-0.39, 0.29) is 35.1 Å². The summed E-state index contributed by atoms with van der Waals surface area (Å²) < 4.78 is 5.12. The monoisotopic (exact) mass is 337 g/mol. The Balaban J connectivity index is 0.00000264. The van der Waals surface area contributed by atoms with Crippen molar-refractivity contribution in [1.82, 2.24) is 0 Å². The van der Waals surface area contributed by atoms with Gasteiger partial charge < -0.3 is 35.1 Å². The third kappa shape index (κ3) is 4.86. The number of aliphatic hydroxyl groups is 4. The number of rotatable bonds is 5. The summed E-state index contributed by atoms with van der Waals surface area (Å²) in [5.41, 5.74) is 2.77. The van der Waals surface area contributed by atoms with E-state index in [4.69, 9.17) is 14.7 Å². The van der Waals surface area contributed by atoms with Crippen LogP contribution in [0.4, 0.5) is 5.69 Å². The van der Waals surface area contributed by atoms with E-state index in [9.17, 15) is 25.2 Å². The van der Waals surface area contributed by atoms with Gasteiger partial charge in [0.25, 0.3) is 0 Å². The average Bonchev–Trinajstić information content (AvgIpc) is 2.52. The number of aliphatic hydroxyl groups excluding tert-OH is 4. The minimum atomic E-state index is -1.54. The Bertz CT molecular complexity index is 511. The van der Waals surface area contributed by atoms with Crippen LogP contribution in [0.15, 0.2) is 24.3 Å². The van der Waals surface area contributed by atoms with Crippen LogP contribution in [-0.2, 0) is 9.57 Å². The maximum Gasteiger partial charge on any atom is 1.00 e. The van der Waals surface area contributed by atoms with Gasteiger partial charge in [0.1, 0.15) is 24.4 Å². The zero-order valence-electron chi connectivity index (χ0n) is 12.3. The van der Waals surface area contributed by atoms with Gasteiger partial charge in [-0.05, 0) is 17.7 Å². The number of anilines is 1. The van der Waals surface area contributed by atoms with Crippen LogP contribution >= 0.6 is 0 Å². The number of carboxylic acids is 1. The normalized spacial score (nSPS) is 30.3. The molecule has 1 aromatic carbocycles. The maximum atomic E-state index is 10.6. The van der Waals surface area contributed by atoms with Gasteiger partial charge >= 0.3 is 29.6 Å². The maximum absolute atomic E-state index is 10.6. The minimum absolute atomic E-state index is 0. The van der Waals surface area contributed by atoms with Gasteiger partial charge in [-0.2, -0.15) is 0 Å². The number of aromatic carboxylic acids is 1. The third-order valence-electron chi connectivity index (χ3n) is 3.26. The van der Waals surface area contributed by atoms with E-state index in [1.54, 1.807) is 0 Å². The molecule has 0 radical (unpaired) electrons. The van der Waals surface area contributed by atoms with Crippen LogP contribution in [0.1, 0.15) is 10.4 Å². The van der Waals surface area contributed by atoms with Crippen molar-refractivity contribution in [1.29, 1.82) is 0 Å². The molecular weight excluding hydrogens is 321 g/mol. The zero-order chi connectivity index (χ0) is 16.3. The summed E-state index contributed by atoms with van der Waals surface area (Å²) in [5, 5.41) is 48.6. The Morgan fingerprint density at radius 3 is 2.30 bits per heavy atom. The van der Waals surface area contributed by atoms with Gasteiger partial charge in [0.05, 0.1) is 18.3 Å². The number of carbonyl (C=O) groups is 1. The molecule has 0 spiro atoms. The fourth-order valence-electron chi connectivity index (χ4n) is 1.97. The van der Waals surface area contributed by atoms with Crippen molar-refractivity contribution in [2.75, 3.05) is 12.1 Å². The predicted octanol–water partition coefficient (Wildman–Crippen LogP) is -5.80. The van der Waals surface area contributed by atoms with Crippen molar-refractivity contribution >= 4 is 11.7 Å². The van der Waals surface area contributed by atoms with Crippen molar-refractivity contribution in [2.24, 2.45) is 0 Å². The molecule has 9 nitrogen and oxygen atoms in total. The summed E-state index contributed by atoms with van der Waals surface area (Å²) in [7, 11) is 0. The van der Waals surface area contributed by atoms with Crippen molar-refractivity contribution in [3.63, 3.8) is 0 Å². The van der Waals surface area contributed by atoms with Gasteiger partial charge in [-0.1, -0.05) is 12.1 Å². The smallest absolute Gasteiger partial charge is 0.545 e. The number of ether oxygens (including phenoxy) is 1. The number of hydrogen-bond acceptors (Lipinski definition) is 9. The van der Waals surface area contributed by atoms with Gasteiger partial charge in [0.15, 0.2) is 0 Å². The average molecular weight is 337 g/mol. The summed E-state index contributed by atoms with van der Waals surface area (Å²) in [4.78, 5) is 15.7. The van der Waals surface area contributed by atoms with Gasteiger partial charge in [-0.15, -0.1) is 0 Å². The van der Waals surface area contributed by atoms with Crippen LogP contribution in [0.5, 0.6) is 0 Å². The topological polar surface area (TPSA) is 152 Å². The summed E-state index contributed by atoms with van der Waals surface area (Å²) in [5.74, 6) is -1.32. The number of benzene rings is 1. The molecule has 1 heterocycles. The van der Waals surface area contributed by atoms with Crippen molar-refractivity contribution in [3.05, 3.63) is 29.8 Å². The first kappa shape index (κ1) is 20.3. The molecule has 5 N–H and O–H groups in total. The fraction of sp³-hybridized carbons (Fsp3) is 0.462. The first-order valence-corrected chi connectivity index (χ1v) is 6.47. The second-order valence-corrected chi connectivity index (χ2v) is 4.78. The van der Waals surface area contributed by atoms with Crippen molar-refractivity contribution < 1.29 is 69.5 Å². The molecule has 1 unspecified atom stereocenters. The quantitative estimate of drug-likeness (QED) is 0.261. The second-order valence-electron chi connectivity index (χ2n) is 4.78. The van der Waals surface area contributed by atoms with Crippen molar-refractivity contribution in [3.8, 4) is 0 Å². The largest absolute Gasteiger partial charge is 1.00 e. The molecule has 1 aromatic rings. The van der Waals surface area contributed by atoms with E-state index in [2.05, 4.69) is 5.48 Å². The molecule has 2 rings (SSSR count). The Labute approximate surface area is 153 Å². The molecule has 1 saturated heterocycles. The molecule has 0 aliphatic carbocycles. The molecule has 0 amide bonds. The summed E-state index contributed by atoms with van der Waals surface area (Å²) >= 11 is 0. The standard InChI is InChI=1S/C13H17NO8.Na/c15-5-8-9(16)10(17)11(18)13(21-8)22-14-7-3-1-6(2-4-7)12(19)20;/h1-4,8-11,13-18H,5H2,(H,19,20);/q;+1/p-1/t8-,9-,10+,11-,13?;/m0./s1. The van der Waals surface area contributed by atoms with E-state index in [1.165, 1.54) is 24.3 Å². The van der Waals surface area contributed by atoms with Crippen molar-refractivity contribution in [2.45, 2.75) is 30.7 Å². The van der Waals surface area contributed by atoms with E-state index in [0.29, 0.717) is 5.69 Å². The van der Waals surface area contributed by atoms with Crippen LogP contribution in [0.25, 0.3) is 0 Å². The van der Waals surface area contributed by atoms with Gasteiger partial charge in [-0.25, -0.2) is 4.84 Å². The molecule has 5 atom stereocenters. The zero-order valence-corrected chi connectivity index (χ0v) is 14.3. The number of nitrogens with one attached hydrogen (secondary N) is 1. The molecule has 0 bridgehead atoms. The SMILES string of the molecule is O=C([O-])c1ccc(NOC2O[C@@H](CO)[C@H](O)[C@@H](O)[C@@H]2O)cc1.[Na+]. The number of hydrogen-bond donors (Lipinski definition) is 5. The van der Waals surface area contributed by atoms with Crippen LogP contribution < -0.4 is 40.1 Å². The Hall–Kier alpha value is -0.750. The molecule has 1 aliphatic rings. The molecule has 1 aliphatic heterocycles. The molecule has 1 fully saturated rings. The third-order valence-corrected chi connectivity index (χ3v) is 3.26. The Morgan fingerprint density at radius 1 is 1.17 bits per heavy atom. The summed E-state index contributed by atoms with van der Waals surface area (Å²) in [6.45, 7) is -0.564. The van der Waals surface area contributed by atoms with Crippen LogP contribution in [0.3, 0.4) is 0 Å². The Morgan fingerprint density at radius 2 is 1.78 bits per heavy atom. The first-order valence-electron chi connectivity index (χ1n) is 6.47. The Kier molecular flexibility index (Phi) is 7.87. The molecule has 10 heteroatoms. The van der Waals surface area contributed by atoms with E-state index in [1.807, 2.05) is 0 Å². The van der Waals surface area contributed by atoms with E-state index in [0.717, 1.165) is 0 Å². The summed E-state index contributed by atoms with van der Waals surface area (Å²) in [6, 6.07) is 5.37. The van der Waals surface area contributed by atoms with Gasteiger partial charge in [-0.3, -0.25) is 5.48 Å². The van der Waals surface area contributed by atoms with Gasteiger partial charge in [0.2, 0.25) is 6.29 Å². The molecule has 0 aromatic heterocycles. The van der Waals surface area contributed by atoms with E-state index < -0.39 is 43.3 Å². The molecule has 122 valence electrons. The van der Waals surface area contributed by atoms with Gasteiger partial charge in [0, 0.05) is 0 Å². The predicted molar refractivity (Wildman–Crippen MR) is 69.2 cm³/mol. The molecule has 23 heavy (non-hydrogen) atoms. The molecular formula is C13H16NNaO8. The number of carboxylic acid groups (broad SMARTS) is 1. The first-order chi connectivity index (χ1) is 10.4. The van der Waals surface area contributed by atoms with Crippen LogP contribution in [0, 0.1) is 0 Å². The molecule has 0 saturated carbocycles. The number of carbonyl (C=O) groups excluding carboxylic acids is 1. The minimum Gasteiger partial charge on any atom is -0.545 e. The summed E-state index contributed by atoms with van der Waals surface area (Å²) in [6.07, 6.45) is -6.96. The van der Waals surface area contributed by atoms with Crippen LogP contribution in [0.2, 0.25) is 0 Å². The van der Waals surface area contributed by atoms with Crippen LogP contribution in [-0.4, -0.2) is 63.7 Å². The fourth-order valence-corrected chi connectivity index (χ4v) is 1.97. The van der Waals surface area contributed by atoms with E-state index >= 15 is 0 Å². The second kappa shape index (κ2) is 8.92.